The lowest BCUT2D eigenvalue weighted by atomic mass is 10.0. The maximum atomic E-state index is 13.3. The van der Waals surface area contributed by atoms with E-state index in [2.05, 4.69) is 92.9 Å². The van der Waals surface area contributed by atoms with E-state index >= 15 is 0 Å². The summed E-state index contributed by atoms with van der Waals surface area (Å²) < 4.78 is 8.26. The molecular weight excluding hydrogens is 398 g/mol. The molecule has 2 aromatic rings. The Labute approximate surface area is 193 Å². The smallest absolute Gasteiger partial charge is 0.243 e. The van der Waals surface area contributed by atoms with Gasteiger partial charge in [-0.25, -0.2) is 0 Å². The highest BCUT2D eigenvalue weighted by molar-refractivity contribution is 5.98. The Bertz CT molecular complexity index is 1010. The van der Waals surface area contributed by atoms with Crippen LogP contribution in [0.2, 0.25) is 0 Å². The summed E-state index contributed by atoms with van der Waals surface area (Å²) in [6.07, 6.45) is 7.33. The fraction of sp³-hybridized carbons (Fsp3) is 0.519. The first kappa shape index (κ1) is 24.1. The van der Waals surface area contributed by atoms with Crippen LogP contribution in [0.25, 0.3) is 10.9 Å². The van der Waals surface area contributed by atoms with Crippen LogP contribution in [0.5, 0.6) is 0 Å². The molecule has 5 heteroatoms. The van der Waals surface area contributed by atoms with Gasteiger partial charge in [0.05, 0.1) is 24.8 Å². The van der Waals surface area contributed by atoms with Crippen LogP contribution >= 0.6 is 0 Å². The van der Waals surface area contributed by atoms with E-state index in [0.29, 0.717) is 13.2 Å². The van der Waals surface area contributed by atoms with Crippen molar-refractivity contribution in [3.05, 3.63) is 53.3 Å². The van der Waals surface area contributed by atoms with Gasteiger partial charge in [0.25, 0.3) is 0 Å². The topological polar surface area (TPSA) is 46.5 Å². The van der Waals surface area contributed by atoms with Crippen LogP contribution in [0.1, 0.15) is 47.1 Å². The van der Waals surface area contributed by atoms with E-state index in [1.165, 1.54) is 27.6 Å². The molecule has 1 aliphatic heterocycles. The lowest BCUT2D eigenvalue weighted by Crippen LogP contribution is -2.52. The highest BCUT2D eigenvalue weighted by Gasteiger charge is 2.32. The molecule has 1 amide bonds. The minimum atomic E-state index is -0.243. The number of rotatable bonds is 7. The Kier molecular flexibility index (Phi) is 7.83. The second-order valence-corrected chi connectivity index (χ2v) is 9.79. The number of amides is 1. The van der Waals surface area contributed by atoms with Crippen molar-refractivity contribution in [3.8, 4) is 0 Å². The summed E-state index contributed by atoms with van der Waals surface area (Å²) in [5.41, 5.74) is 6.12. The highest BCUT2D eigenvalue weighted by atomic mass is 16.5. The van der Waals surface area contributed by atoms with Crippen LogP contribution in [0.4, 0.5) is 5.69 Å². The number of benzene rings is 1. The zero-order valence-electron chi connectivity index (χ0n) is 20.7. The molecule has 2 heterocycles. The third kappa shape index (κ3) is 5.44. The SMILES string of the molecule is CC(C)=CCOC[C@@H]1Cc2cn(CC=C(C)C)c3cccc(c23)N(C)[C@@H](C(C)C)C(=O)N1. The monoisotopic (exact) mass is 437 g/mol. The van der Waals surface area contributed by atoms with Crippen molar-refractivity contribution in [1.82, 2.24) is 9.88 Å². The zero-order valence-corrected chi connectivity index (χ0v) is 20.7. The first-order chi connectivity index (χ1) is 15.2. The Hall–Kier alpha value is -2.53. The molecule has 0 fully saturated rings. The summed E-state index contributed by atoms with van der Waals surface area (Å²) in [7, 11) is 2.04. The number of ether oxygens (including phenoxy) is 1. The van der Waals surface area contributed by atoms with Gasteiger partial charge in [-0.3, -0.25) is 4.79 Å². The number of nitrogens with one attached hydrogen (secondary N) is 1. The van der Waals surface area contributed by atoms with Gasteiger partial charge in [0.1, 0.15) is 6.04 Å². The molecule has 0 saturated heterocycles. The van der Waals surface area contributed by atoms with Gasteiger partial charge in [-0.2, -0.15) is 0 Å². The standard InChI is InChI=1S/C27H39N3O2/c1-18(2)11-13-30-16-21-15-22(17-32-14-12-19(3)4)28-27(31)26(20(5)6)29(7)23-9-8-10-24(30)25(21)23/h8-12,16,20,22,26H,13-15,17H2,1-7H3,(H,28,31)/t22-,26-/m0/s1. The predicted octanol–water partition coefficient (Wildman–Crippen LogP) is 5.09. The molecule has 174 valence electrons. The largest absolute Gasteiger partial charge is 0.375 e. The van der Waals surface area contributed by atoms with Crippen molar-refractivity contribution >= 4 is 22.5 Å². The molecule has 3 rings (SSSR count). The van der Waals surface area contributed by atoms with E-state index in [4.69, 9.17) is 4.74 Å². The quantitative estimate of drug-likeness (QED) is 0.485. The normalized spacial score (nSPS) is 18.8. The molecule has 0 aliphatic carbocycles. The minimum absolute atomic E-state index is 0.0675. The van der Waals surface area contributed by atoms with Crippen LogP contribution in [0, 0.1) is 5.92 Å². The van der Waals surface area contributed by atoms with Gasteiger partial charge in [0.2, 0.25) is 5.91 Å². The van der Waals surface area contributed by atoms with Crippen molar-refractivity contribution in [3.63, 3.8) is 0 Å². The molecular formula is C27H39N3O2. The maximum absolute atomic E-state index is 13.3. The summed E-state index contributed by atoms with van der Waals surface area (Å²) >= 11 is 0. The van der Waals surface area contributed by atoms with Gasteiger partial charge in [-0.15, -0.1) is 0 Å². The van der Waals surface area contributed by atoms with Gasteiger partial charge in [-0.1, -0.05) is 43.2 Å². The summed E-state index contributed by atoms with van der Waals surface area (Å²) in [5.74, 6) is 0.245. The number of anilines is 1. The Morgan fingerprint density at radius 2 is 1.91 bits per heavy atom. The highest BCUT2D eigenvalue weighted by Crippen LogP contribution is 2.35. The molecule has 1 aromatic carbocycles. The Balaban J connectivity index is 2.06. The minimum Gasteiger partial charge on any atom is -0.375 e. The van der Waals surface area contributed by atoms with E-state index in [-0.39, 0.29) is 23.9 Å². The first-order valence-corrected chi connectivity index (χ1v) is 11.7. The Morgan fingerprint density at radius 1 is 1.19 bits per heavy atom. The number of allylic oxidation sites excluding steroid dienone is 3. The second kappa shape index (κ2) is 10.4. The van der Waals surface area contributed by atoms with E-state index in [1.807, 2.05) is 7.05 Å². The number of likely N-dealkylation sites (N-methyl/N-ethyl adjacent to an activating group) is 1. The van der Waals surface area contributed by atoms with Gasteiger partial charge in [-0.05, 0) is 57.7 Å². The fourth-order valence-electron chi connectivity index (χ4n) is 4.51. The lowest BCUT2D eigenvalue weighted by Gasteiger charge is -2.32. The van der Waals surface area contributed by atoms with Crippen molar-refractivity contribution in [2.24, 2.45) is 5.92 Å². The third-order valence-corrected chi connectivity index (χ3v) is 6.10. The van der Waals surface area contributed by atoms with Gasteiger partial charge in [0, 0.05) is 30.9 Å². The third-order valence-electron chi connectivity index (χ3n) is 6.10. The van der Waals surface area contributed by atoms with Crippen LogP contribution in [0.15, 0.2) is 47.7 Å². The van der Waals surface area contributed by atoms with Crippen molar-refractivity contribution in [2.45, 2.75) is 66.6 Å². The number of nitrogens with zero attached hydrogens (tertiary/aromatic N) is 2. The second-order valence-electron chi connectivity index (χ2n) is 9.79. The molecule has 32 heavy (non-hydrogen) atoms. The average molecular weight is 438 g/mol. The Morgan fingerprint density at radius 3 is 2.56 bits per heavy atom. The molecule has 0 radical (unpaired) electrons. The average Bonchev–Trinajstić information content (AvgIpc) is 3.07. The molecule has 0 unspecified atom stereocenters. The summed E-state index contributed by atoms with van der Waals surface area (Å²) in [6, 6.07) is 6.12. The summed E-state index contributed by atoms with van der Waals surface area (Å²) in [4.78, 5) is 15.5. The fourth-order valence-corrected chi connectivity index (χ4v) is 4.51. The number of hydrogen-bond donors (Lipinski definition) is 1. The number of aromatic nitrogens is 1. The van der Waals surface area contributed by atoms with Crippen LogP contribution < -0.4 is 10.2 Å². The molecule has 0 bridgehead atoms. The molecule has 1 aromatic heterocycles. The summed E-state index contributed by atoms with van der Waals surface area (Å²) in [5, 5.41) is 4.54. The van der Waals surface area contributed by atoms with Crippen molar-refractivity contribution < 1.29 is 9.53 Å². The van der Waals surface area contributed by atoms with E-state index in [0.717, 1.165) is 18.7 Å². The first-order valence-electron chi connectivity index (χ1n) is 11.7. The van der Waals surface area contributed by atoms with Crippen molar-refractivity contribution in [1.29, 1.82) is 0 Å². The number of carbonyl (C=O) groups excluding carboxylic acids is 1. The van der Waals surface area contributed by atoms with Crippen LogP contribution in [0.3, 0.4) is 0 Å². The van der Waals surface area contributed by atoms with Crippen molar-refractivity contribution in [2.75, 3.05) is 25.2 Å². The van der Waals surface area contributed by atoms with Gasteiger partial charge >= 0.3 is 0 Å². The maximum Gasteiger partial charge on any atom is 0.243 e. The molecule has 0 saturated carbocycles. The van der Waals surface area contributed by atoms with E-state index in [1.54, 1.807) is 0 Å². The van der Waals surface area contributed by atoms with Gasteiger partial charge in [0.15, 0.2) is 0 Å². The zero-order chi connectivity index (χ0) is 23.4. The van der Waals surface area contributed by atoms with E-state index < -0.39 is 0 Å². The number of carbonyl (C=O) groups is 1. The van der Waals surface area contributed by atoms with Crippen LogP contribution in [-0.4, -0.2) is 42.8 Å². The molecule has 1 aliphatic rings. The molecule has 0 spiro atoms. The van der Waals surface area contributed by atoms with Crippen LogP contribution in [-0.2, 0) is 22.5 Å². The molecule has 1 N–H and O–H groups in total. The molecule has 5 nitrogen and oxygen atoms in total. The lowest BCUT2D eigenvalue weighted by molar-refractivity contribution is -0.124. The van der Waals surface area contributed by atoms with E-state index in [9.17, 15) is 4.79 Å². The predicted molar refractivity (Wildman–Crippen MR) is 134 cm³/mol. The molecule has 2 atom stereocenters. The van der Waals surface area contributed by atoms with Gasteiger partial charge < -0.3 is 19.5 Å². The number of hydrogen-bond acceptors (Lipinski definition) is 3. The summed E-state index contributed by atoms with van der Waals surface area (Å²) in [6.45, 7) is 14.5.